The molecule has 4 nitrogen and oxygen atoms in total. The minimum absolute atomic E-state index is 0.665. The van der Waals surface area contributed by atoms with Crippen LogP contribution in [0.15, 0.2) is 0 Å². The summed E-state index contributed by atoms with van der Waals surface area (Å²) in [4.78, 5) is 0. The molecule has 0 aliphatic carbocycles. The Labute approximate surface area is 171 Å². The van der Waals surface area contributed by atoms with Gasteiger partial charge in [0, 0.05) is 19.8 Å². The van der Waals surface area contributed by atoms with Gasteiger partial charge >= 0.3 is 8.80 Å². The number of hydrogen-bond acceptors (Lipinski definition) is 3. The summed E-state index contributed by atoms with van der Waals surface area (Å²) in [7, 11) is 2.16. The van der Waals surface area contributed by atoms with Crippen molar-refractivity contribution in [1.82, 2.24) is 0 Å². The van der Waals surface area contributed by atoms with Crippen molar-refractivity contribution >= 4 is 8.80 Å². The molecule has 0 N–H and O–H groups in total. The number of rotatable bonds is 20. The van der Waals surface area contributed by atoms with E-state index in [1.54, 1.807) is 0 Å². The predicted molar refractivity (Wildman–Crippen MR) is 119 cm³/mol. The minimum atomic E-state index is -2.50. The lowest BCUT2D eigenvalue weighted by Crippen LogP contribution is -2.51. The van der Waals surface area contributed by atoms with E-state index in [1.807, 2.05) is 20.8 Å². The molecule has 0 saturated heterocycles. The molecule has 0 aliphatic heterocycles. The standard InChI is InChI=1S/C22H50NO3Si/c1-7-11-12-13-14-15-16-17-18-19-20-23(5,6)21-22-27(24-8-2,25-9-3)26-10-4/h7-22H2,1-6H3/q+1. The average Bonchev–Trinajstić information content (AvgIpc) is 2.62. The summed E-state index contributed by atoms with van der Waals surface area (Å²) in [5.74, 6) is 0. The van der Waals surface area contributed by atoms with E-state index in [9.17, 15) is 0 Å². The maximum Gasteiger partial charge on any atom is 0.506 e. The largest absolute Gasteiger partial charge is 0.506 e. The zero-order chi connectivity index (χ0) is 20.4. The van der Waals surface area contributed by atoms with Crippen molar-refractivity contribution in [2.24, 2.45) is 0 Å². The first kappa shape index (κ1) is 27.1. The van der Waals surface area contributed by atoms with Crippen molar-refractivity contribution in [2.45, 2.75) is 97.9 Å². The van der Waals surface area contributed by atoms with E-state index in [1.165, 1.54) is 70.8 Å². The molecule has 5 heteroatoms. The normalized spacial score (nSPS) is 12.7. The molecule has 0 amide bonds. The summed E-state index contributed by atoms with van der Waals surface area (Å²) in [6.45, 7) is 12.7. The van der Waals surface area contributed by atoms with Gasteiger partial charge in [-0.15, -0.1) is 0 Å². The van der Waals surface area contributed by atoms with Crippen molar-refractivity contribution in [3.05, 3.63) is 0 Å². The quantitative estimate of drug-likeness (QED) is 0.141. The lowest BCUT2D eigenvalue weighted by atomic mass is 10.1. The summed E-state index contributed by atoms with van der Waals surface area (Å²) in [5, 5.41) is 0. The van der Waals surface area contributed by atoms with Crippen LogP contribution in [-0.4, -0.2) is 60.3 Å². The Morgan fingerprint density at radius 1 is 0.556 bits per heavy atom. The van der Waals surface area contributed by atoms with Crippen LogP contribution in [0.25, 0.3) is 0 Å². The lowest BCUT2D eigenvalue weighted by Gasteiger charge is -2.34. The van der Waals surface area contributed by atoms with Crippen LogP contribution in [-0.2, 0) is 13.3 Å². The Morgan fingerprint density at radius 3 is 1.37 bits per heavy atom. The second-order valence-electron chi connectivity index (χ2n) is 8.30. The molecule has 0 atom stereocenters. The first-order valence-electron chi connectivity index (χ1n) is 11.7. The van der Waals surface area contributed by atoms with Gasteiger partial charge in [-0.05, 0) is 33.6 Å². The maximum atomic E-state index is 6.00. The molecular weight excluding hydrogens is 354 g/mol. The van der Waals surface area contributed by atoms with E-state index in [2.05, 4.69) is 21.0 Å². The fourth-order valence-corrected chi connectivity index (χ4v) is 6.46. The van der Waals surface area contributed by atoms with Gasteiger partial charge in [0.25, 0.3) is 0 Å². The topological polar surface area (TPSA) is 27.7 Å². The smallest absolute Gasteiger partial charge is 0.374 e. The highest BCUT2D eigenvalue weighted by molar-refractivity contribution is 6.60. The Morgan fingerprint density at radius 2 is 0.963 bits per heavy atom. The van der Waals surface area contributed by atoms with Gasteiger partial charge in [0.15, 0.2) is 0 Å². The molecule has 0 rings (SSSR count). The zero-order valence-corrected chi connectivity index (χ0v) is 20.5. The van der Waals surface area contributed by atoms with Crippen molar-refractivity contribution < 1.29 is 17.8 Å². The Bertz CT molecular complexity index is 310. The number of quaternary nitrogens is 1. The van der Waals surface area contributed by atoms with E-state index < -0.39 is 8.80 Å². The lowest BCUT2D eigenvalue weighted by molar-refractivity contribution is -0.888. The molecule has 0 spiro atoms. The Hall–Kier alpha value is 0.0569. The molecular formula is C22H50NO3Si+. The molecule has 27 heavy (non-hydrogen) atoms. The van der Waals surface area contributed by atoms with Crippen LogP contribution in [0.2, 0.25) is 6.04 Å². The second-order valence-corrected chi connectivity index (χ2v) is 11.0. The summed E-state index contributed by atoms with van der Waals surface area (Å²) in [6.07, 6.45) is 14.0. The highest BCUT2D eigenvalue weighted by Crippen LogP contribution is 2.19. The van der Waals surface area contributed by atoms with E-state index in [4.69, 9.17) is 13.3 Å². The van der Waals surface area contributed by atoms with Crippen molar-refractivity contribution in [3.63, 3.8) is 0 Å². The van der Waals surface area contributed by atoms with Gasteiger partial charge in [-0.25, -0.2) is 0 Å². The van der Waals surface area contributed by atoms with Crippen LogP contribution >= 0.6 is 0 Å². The van der Waals surface area contributed by atoms with Crippen LogP contribution in [0.4, 0.5) is 0 Å². The third-order valence-corrected chi connectivity index (χ3v) is 8.25. The molecule has 164 valence electrons. The molecule has 0 bridgehead atoms. The van der Waals surface area contributed by atoms with Gasteiger partial charge in [0.2, 0.25) is 0 Å². The van der Waals surface area contributed by atoms with E-state index >= 15 is 0 Å². The first-order valence-corrected chi connectivity index (χ1v) is 13.6. The summed E-state index contributed by atoms with van der Waals surface area (Å²) in [6, 6.07) is 0.910. The van der Waals surface area contributed by atoms with Crippen LogP contribution in [0.5, 0.6) is 0 Å². The molecule has 0 aromatic rings. The fraction of sp³-hybridized carbons (Fsp3) is 1.00. The summed E-state index contributed by atoms with van der Waals surface area (Å²) >= 11 is 0. The van der Waals surface area contributed by atoms with Crippen LogP contribution < -0.4 is 0 Å². The maximum absolute atomic E-state index is 6.00. The monoisotopic (exact) mass is 404 g/mol. The second kappa shape index (κ2) is 17.0. The van der Waals surface area contributed by atoms with Crippen molar-refractivity contribution in [1.29, 1.82) is 0 Å². The SMILES string of the molecule is CCCCCCCCCCCC[N+](C)(C)CC[Si](OCC)(OCC)OCC. The van der Waals surface area contributed by atoms with E-state index in [-0.39, 0.29) is 0 Å². The van der Waals surface area contributed by atoms with Gasteiger partial charge in [0.05, 0.1) is 33.2 Å². The van der Waals surface area contributed by atoms with E-state index in [0.29, 0.717) is 19.8 Å². The van der Waals surface area contributed by atoms with Gasteiger partial charge < -0.3 is 17.8 Å². The molecule has 0 aromatic heterocycles. The third kappa shape index (κ3) is 14.7. The van der Waals surface area contributed by atoms with Crippen molar-refractivity contribution in [3.8, 4) is 0 Å². The summed E-state index contributed by atoms with van der Waals surface area (Å²) in [5.41, 5.74) is 0. The van der Waals surface area contributed by atoms with Gasteiger partial charge in [-0.2, -0.15) is 0 Å². The number of nitrogens with zero attached hydrogens (tertiary/aromatic N) is 1. The predicted octanol–water partition coefficient (Wildman–Crippen LogP) is 6.03. The zero-order valence-electron chi connectivity index (χ0n) is 19.5. The molecule has 0 aromatic carbocycles. The first-order chi connectivity index (χ1) is 12.9. The number of hydrogen-bond donors (Lipinski definition) is 0. The van der Waals surface area contributed by atoms with Crippen LogP contribution in [0.3, 0.4) is 0 Å². The third-order valence-electron chi connectivity index (χ3n) is 5.23. The highest BCUT2D eigenvalue weighted by Gasteiger charge is 2.42. The van der Waals surface area contributed by atoms with Gasteiger partial charge in [-0.3, -0.25) is 0 Å². The Kier molecular flexibility index (Phi) is 17.0. The molecule has 0 radical (unpaired) electrons. The van der Waals surface area contributed by atoms with Gasteiger partial charge in [-0.1, -0.05) is 58.3 Å². The molecule has 0 saturated carbocycles. The number of unbranched alkanes of at least 4 members (excludes halogenated alkanes) is 9. The van der Waals surface area contributed by atoms with E-state index in [0.717, 1.165) is 17.1 Å². The molecule has 0 heterocycles. The minimum Gasteiger partial charge on any atom is -0.374 e. The molecule has 0 fully saturated rings. The fourth-order valence-electron chi connectivity index (χ4n) is 3.58. The van der Waals surface area contributed by atoms with Crippen LogP contribution in [0.1, 0.15) is 91.9 Å². The van der Waals surface area contributed by atoms with Crippen LogP contribution in [0, 0.1) is 0 Å². The Balaban J connectivity index is 4.00. The van der Waals surface area contributed by atoms with Gasteiger partial charge in [0.1, 0.15) is 0 Å². The summed E-state index contributed by atoms with van der Waals surface area (Å²) < 4.78 is 19.0. The molecule has 0 unspecified atom stereocenters. The van der Waals surface area contributed by atoms with Crippen molar-refractivity contribution in [2.75, 3.05) is 47.0 Å². The molecule has 0 aliphatic rings. The highest BCUT2D eigenvalue weighted by atomic mass is 28.4. The average molecular weight is 405 g/mol.